The highest BCUT2D eigenvalue weighted by molar-refractivity contribution is 6.46. The van der Waals surface area contributed by atoms with Gasteiger partial charge >= 0.3 is 0 Å². The minimum absolute atomic E-state index is 0.0573. The highest BCUT2D eigenvalue weighted by Crippen LogP contribution is 2.40. The maximum atomic E-state index is 13.1. The number of rotatable bonds is 7. The Kier molecular flexibility index (Phi) is 7.33. The Balaban J connectivity index is 1.68. The first-order valence-electron chi connectivity index (χ1n) is 11.0. The topological polar surface area (TPSA) is 79.3 Å². The normalized spacial score (nSPS) is 20.9. The second-order valence-corrected chi connectivity index (χ2v) is 8.52. The van der Waals surface area contributed by atoms with Gasteiger partial charge in [-0.05, 0) is 36.2 Å². The second kappa shape index (κ2) is 10.4. The van der Waals surface area contributed by atoms with Gasteiger partial charge in [0.1, 0.15) is 11.5 Å². The molecule has 33 heavy (non-hydrogen) atoms. The molecule has 1 amide bonds. The van der Waals surface area contributed by atoms with Gasteiger partial charge < -0.3 is 19.5 Å². The first-order chi connectivity index (χ1) is 16.0. The highest BCUT2D eigenvalue weighted by Gasteiger charge is 2.45. The second-order valence-electron chi connectivity index (χ2n) is 8.09. The van der Waals surface area contributed by atoms with Crippen molar-refractivity contribution in [1.29, 1.82) is 0 Å². The molecule has 8 heteroatoms. The zero-order valence-electron chi connectivity index (χ0n) is 18.5. The summed E-state index contributed by atoms with van der Waals surface area (Å²) in [5.74, 6) is -1.01. The van der Waals surface area contributed by atoms with Crippen LogP contribution < -0.4 is 4.74 Å². The molecule has 0 bridgehead atoms. The fraction of sp³-hybridized carbons (Fsp3) is 0.360. The minimum Gasteiger partial charge on any atom is -0.507 e. The molecule has 0 spiro atoms. The number of hydrogen-bond acceptors (Lipinski definition) is 6. The Morgan fingerprint density at radius 3 is 2.61 bits per heavy atom. The number of aliphatic hydroxyl groups excluding tert-OH is 1. The van der Waals surface area contributed by atoms with Crippen molar-refractivity contribution >= 4 is 29.1 Å². The van der Waals surface area contributed by atoms with Crippen molar-refractivity contribution in [2.75, 3.05) is 46.5 Å². The molecule has 0 saturated carbocycles. The number of ether oxygens (including phenoxy) is 2. The molecule has 0 unspecified atom stereocenters. The molecule has 0 aromatic heterocycles. The number of morpholine rings is 1. The van der Waals surface area contributed by atoms with Gasteiger partial charge in [0.2, 0.25) is 0 Å². The van der Waals surface area contributed by atoms with Gasteiger partial charge in [0.15, 0.2) is 0 Å². The standard InChI is InChI=1S/C25H27ClN2O5/c1-32-20-8-3-6-18(16-20)23(29)21-22(17-5-2-7-19(26)15-17)28(25(31)24(21)30)10-4-9-27-11-13-33-14-12-27/h2-3,5-8,15-16,22,29H,4,9-14H2,1H3/b23-21+/t22-/m0/s1. The molecule has 1 atom stereocenters. The number of carbonyl (C=O) groups excluding carboxylic acids is 2. The lowest BCUT2D eigenvalue weighted by Gasteiger charge is -2.29. The van der Waals surface area contributed by atoms with Crippen LogP contribution in [0.15, 0.2) is 54.1 Å². The van der Waals surface area contributed by atoms with E-state index < -0.39 is 17.7 Å². The third-order valence-corrected chi connectivity index (χ3v) is 6.26. The van der Waals surface area contributed by atoms with Crippen LogP contribution in [0.4, 0.5) is 0 Å². The molecule has 2 saturated heterocycles. The van der Waals surface area contributed by atoms with Crippen LogP contribution >= 0.6 is 11.6 Å². The number of aliphatic hydroxyl groups is 1. The van der Waals surface area contributed by atoms with Gasteiger partial charge in [-0.25, -0.2) is 0 Å². The Hall–Kier alpha value is -2.87. The van der Waals surface area contributed by atoms with E-state index in [0.29, 0.717) is 48.1 Å². The number of Topliss-reactive ketones (excluding diaryl/α,β-unsaturated/α-hetero) is 1. The molecule has 7 nitrogen and oxygen atoms in total. The van der Waals surface area contributed by atoms with Crippen LogP contribution in [0.1, 0.15) is 23.6 Å². The Morgan fingerprint density at radius 1 is 1.12 bits per heavy atom. The summed E-state index contributed by atoms with van der Waals surface area (Å²) < 4.78 is 10.6. The van der Waals surface area contributed by atoms with E-state index in [1.807, 2.05) is 6.07 Å². The number of nitrogens with zero attached hydrogens (tertiary/aromatic N) is 2. The number of methoxy groups -OCH3 is 1. The summed E-state index contributed by atoms with van der Waals surface area (Å²) in [6, 6.07) is 13.1. The number of likely N-dealkylation sites (tertiary alicyclic amines) is 1. The van der Waals surface area contributed by atoms with E-state index in [4.69, 9.17) is 21.1 Å². The van der Waals surface area contributed by atoms with Crippen LogP contribution in [-0.2, 0) is 14.3 Å². The summed E-state index contributed by atoms with van der Waals surface area (Å²) in [6.07, 6.45) is 0.698. The SMILES string of the molecule is COc1cccc(/C(O)=C2\C(=O)C(=O)N(CCCN3CCOCC3)[C@H]2c2cccc(Cl)c2)c1. The Morgan fingerprint density at radius 2 is 1.88 bits per heavy atom. The van der Waals surface area contributed by atoms with Crippen molar-refractivity contribution in [3.05, 3.63) is 70.3 Å². The first-order valence-corrected chi connectivity index (χ1v) is 11.4. The number of hydrogen-bond donors (Lipinski definition) is 1. The van der Waals surface area contributed by atoms with Gasteiger partial charge in [0.25, 0.3) is 11.7 Å². The molecule has 4 rings (SSSR count). The predicted molar refractivity (Wildman–Crippen MR) is 125 cm³/mol. The average Bonchev–Trinajstić information content (AvgIpc) is 3.09. The van der Waals surface area contributed by atoms with Crippen molar-refractivity contribution in [2.45, 2.75) is 12.5 Å². The van der Waals surface area contributed by atoms with E-state index in [1.54, 1.807) is 47.4 Å². The molecule has 2 aliphatic heterocycles. The van der Waals surface area contributed by atoms with Gasteiger partial charge in [0, 0.05) is 36.8 Å². The fourth-order valence-electron chi connectivity index (χ4n) is 4.35. The minimum atomic E-state index is -0.723. The molecule has 2 fully saturated rings. The summed E-state index contributed by atoms with van der Waals surface area (Å²) >= 11 is 6.23. The van der Waals surface area contributed by atoms with Crippen molar-refractivity contribution in [1.82, 2.24) is 9.80 Å². The first kappa shape index (κ1) is 23.3. The van der Waals surface area contributed by atoms with Crippen molar-refractivity contribution in [2.24, 2.45) is 0 Å². The van der Waals surface area contributed by atoms with E-state index >= 15 is 0 Å². The van der Waals surface area contributed by atoms with E-state index in [9.17, 15) is 14.7 Å². The molecule has 0 aliphatic carbocycles. The number of amides is 1. The number of halogens is 1. The zero-order valence-corrected chi connectivity index (χ0v) is 19.3. The molecule has 2 heterocycles. The van der Waals surface area contributed by atoms with Crippen molar-refractivity contribution in [3.8, 4) is 5.75 Å². The van der Waals surface area contributed by atoms with Crippen LogP contribution in [0, 0.1) is 0 Å². The zero-order chi connectivity index (χ0) is 23.4. The van der Waals surface area contributed by atoms with Crippen LogP contribution in [0.3, 0.4) is 0 Å². The summed E-state index contributed by atoms with van der Waals surface area (Å²) in [7, 11) is 1.53. The average molecular weight is 471 g/mol. The molecule has 174 valence electrons. The Labute approximate surface area is 198 Å². The predicted octanol–water partition coefficient (Wildman–Crippen LogP) is 3.49. The number of ketones is 1. The van der Waals surface area contributed by atoms with Crippen molar-refractivity contribution in [3.63, 3.8) is 0 Å². The summed E-state index contributed by atoms with van der Waals surface area (Å²) in [5, 5.41) is 11.6. The van der Waals surface area contributed by atoms with E-state index in [2.05, 4.69) is 4.90 Å². The third-order valence-electron chi connectivity index (χ3n) is 6.02. The molecule has 2 aliphatic rings. The third kappa shape index (κ3) is 5.05. The largest absolute Gasteiger partial charge is 0.507 e. The summed E-state index contributed by atoms with van der Waals surface area (Å²) in [6.45, 7) is 4.29. The van der Waals surface area contributed by atoms with Crippen LogP contribution in [0.5, 0.6) is 5.75 Å². The lowest BCUT2D eigenvalue weighted by Crippen LogP contribution is -2.38. The van der Waals surface area contributed by atoms with E-state index in [1.165, 1.54) is 7.11 Å². The molecule has 2 aromatic rings. The van der Waals surface area contributed by atoms with Crippen LogP contribution in [0.2, 0.25) is 5.02 Å². The molecular weight excluding hydrogens is 444 g/mol. The smallest absolute Gasteiger partial charge is 0.295 e. The van der Waals surface area contributed by atoms with E-state index in [0.717, 1.165) is 19.6 Å². The van der Waals surface area contributed by atoms with Crippen LogP contribution in [-0.4, -0.2) is 73.1 Å². The quantitative estimate of drug-likeness (QED) is 0.379. The molecule has 1 N–H and O–H groups in total. The van der Waals surface area contributed by atoms with Crippen molar-refractivity contribution < 1.29 is 24.2 Å². The van der Waals surface area contributed by atoms with Gasteiger partial charge in [-0.1, -0.05) is 35.9 Å². The molecular formula is C25H27ClN2O5. The van der Waals surface area contributed by atoms with Crippen LogP contribution in [0.25, 0.3) is 5.76 Å². The summed E-state index contributed by atoms with van der Waals surface area (Å²) in [5.41, 5.74) is 1.15. The Bertz CT molecular complexity index is 1060. The monoisotopic (exact) mass is 470 g/mol. The fourth-order valence-corrected chi connectivity index (χ4v) is 4.55. The van der Waals surface area contributed by atoms with Gasteiger partial charge in [-0.2, -0.15) is 0 Å². The van der Waals surface area contributed by atoms with Gasteiger partial charge in [-0.15, -0.1) is 0 Å². The summed E-state index contributed by atoms with van der Waals surface area (Å²) in [4.78, 5) is 30.0. The maximum Gasteiger partial charge on any atom is 0.295 e. The van der Waals surface area contributed by atoms with Gasteiger partial charge in [-0.3, -0.25) is 14.5 Å². The number of benzene rings is 2. The lowest BCUT2D eigenvalue weighted by molar-refractivity contribution is -0.140. The molecule has 2 aromatic carbocycles. The maximum absolute atomic E-state index is 13.1. The lowest BCUT2D eigenvalue weighted by atomic mass is 9.95. The number of carbonyl (C=O) groups is 2. The van der Waals surface area contributed by atoms with Gasteiger partial charge in [0.05, 0.1) is 31.9 Å². The highest BCUT2D eigenvalue weighted by atomic mass is 35.5. The van der Waals surface area contributed by atoms with E-state index in [-0.39, 0.29) is 11.3 Å². The molecule has 0 radical (unpaired) electrons.